The standard InChI is InChI=1S/C4H12N.2BrH.H3N/c1-5(2,3)4;;;/h1-4H3;2*1H;1H3/q+1;;;/p-1. The molecule has 0 spiro atoms. The van der Waals surface area contributed by atoms with Gasteiger partial charge in [0.1, 0.15) is 0 Å². The number of hydrogen-bond acceptors (Lipinski definition) is 0. The quantitative estimate of drug-likeness (QED) is 0.418. The SMILES string of the molecule is C[N+](C)(C)C.[Br-].[Br-].[NH4+]. The van der Waals surface area contributed by atoms with Gasteiger partial charge in [-0.3, -0.25) is 0 Å². The molecule has 0 unspecified atom stereocenters. The molecule has 0 radical (unpaired) electrons. The maximum absolute atomic E-state index is 2.12. The van der Waals surface area contributed by atoms with Gasteiger partial charge in [-0.2, -0.15) is 0 Å². The second kappa shape index (κ2) is 7.88. The predicted molar refractivity (Wildman–Crippen MR) is 29.9 cm³/mol. The van der Waals surface area contributed by atoms with Crippen LogP contribution in [-0.2, 0) is 0 Å². The lowest BCUT2D eigenvalue weighted by atomic mass is 10.8. The lowest BCUT2D eigenvalue weighted by Gasteiger charge is -2.14. The van der Waals surface area contributed by atoms with Gasteiger partial charge in [0.25, 0.3) is 0 Å². The Labute approximate surface area is 73.0 Å². The molecule has 56 valence electrons. The van der Waals surface area contributed by atoms with Crippen LogP contribution in [-0.4, -0.2) is 32.7 Å². The highest BCUT2D eigenvalue weighted by molar-refractivity contribution is 3.87. The van der Waals surface area contributed by atoms with E-state index in [9.17, 15) is 0 Å². The van der Waals surface area contributed by atoms with Crippen LogP contribution in [0.1, 0.15) is 0 Å². The highest BCUT2D eigenvalue weighted by Crippen LogP contribution is 1.73. The van der Waals surface area contributed by atoms with Crippen LogP contribution in [0.25, 0.3) is 0 Å². The van der Waals surface area contributed by atoms with Crippen LogP contribution < -0.4 is 40.1 Å². The highest BCUT2D eigenvalue weighted by atomic mass is 79.9. The maximum atomic E-state index is 2.12. The zero-order valence-corrected chi connectivity index (χ0v) is 9.38. The Balaban J connectivity index is -0.0000000267. The van der Waals surface area contributed by atoms with Gasteiger partial charge in [0.2, 0.25) is 0 Å². The largest absolute Gasteiger partial charge is 1.00 e. The Bertz CT molecular complexity index is 27.5. The summed E-state index contributed by atoms with van der Waals surface area (Å²) in [5, 5.41) is 0. The van der Waals surface area contributed by atoms with Gasteiger partial charge in [-0.25, -0.2) is 0 Å². The Hall–Kier alpha value is 0.880. The van der Waals surface area contributed by atoms with E-state index in [1.165, 1.54) is 0 Å². The van der Waals surface area contributed by atoms with E-state index in [1.807, 2.05) is 0 Å². The molecule has 0 rings (SSSR count). The van der Waals surface area contributed by atoms with E-state index in [0.717, 1.165) is 4.48 Å². The summed E-state index contributed by atoms with van der Waals surface area (Å²) in [6.07, 6.45) is 0. The molecule has 0 atom stereocenters. The molecule has 0 saturated heterocycles. The van der Waals surface area contributed by atoms with Crippen LogP contribution in [0.15, 0.2) is 0 Å². The predicted octanol–water partition coefficient (Wildman–Crippen LogP) is -5.29. The molecule has 4 N–H and O–H groups in total. The molecule has 0 aliphatic heterocycles. The van der Waals surface area contributed by atoms with E-state index >= 15 is 0 Å². The van der Waals surface area contributed by atoms with Crippen molar-refractivity contribution < 1.29 is 38.4 Å². The molecule has 4 heteroatoms. The van der Waals surface area contributed by atoms with Crippen LogP contribution in [0.3, 0.4) is 0 Å². The van der Waals surface area contributed by atoms with Crippen LogP contribution in [0.5, 0.6) is 0 Å². The number of hydrogen-bond donors (Lipinski definition) is 1. The van der Waals surface area contributed by atoms with Gasteiger partial charge in [-0.05, 0) is 0 Å². The molecular formula is C4H16Br2N2. The van der Waals surface area contributed by atoms with E-state index in [0.29, 0.717) is 0 Å². The first-order chi connectivity index (χ1) is 2.00. The third kappa shape index (κ3) is 307. The molecule has 0 amide bonds. The lowest BCUT2D eigenvalue weighted by Crippen LogP contribution is -3.00. The molecule has 0 aliphatic carbocycles. The first-order valence-corrected chi connectivity index (χ1v) is 1.79. The average molecular weight is 252 g/mol. The van der Waals surface area contributed by atoms with Crippen LogP contribution >= 0.6 is 0 Å². The summed E-state index contributed by atoms with van der Waals surface area (Å²) in [7, 11) is 8.50. The molecule has 0 heterocycles. The summed E-state index contributed by atoms with van der Waals surface area (Å²) in [5.41, 5.74) is 0. The summed E-state index contributed by atoms with van der Waals surface area (Å²) < 4.78 is 1.00. The van der Waals surface area contributed by atoms with Gasteiger partial charge >= 0.3 is 0 Å². The number of halogens is 2. The van der Waals surface area contributed by atoms with Crippen molar-refractivity contribution in [1.29, 1.82) is 0 Å². The zero-order valence-electron chi connectivity index (χ0n) is 6.20. The molecule has 0 saturated carbocycles. The van der Waals surface area contributed by atoms with Crippen molar-refractivity contribution in [2.75, 3.05) is 28.2 Å². The van der Waals surface area contributed by atoms with E-state index in [1.54, 1.807) is 0 Å². The molecule has 0 aromatic carbocycles. The van der Waals surface area contributed by atoms with Gasteiger partial charge in [0, 0.05) is 0 Å². The second-order valence-corrected chi connectivity index (χ2v) is 2.68. The summed E-state index contributed by atoms with van der Waals surface area (Å²) in [5.74, 6) is 0. The zero-order chi connectivity index (χ0) is 4.50. The van der Waals surface area contributed by atoms with Crippen LogP contribution in [0.2, 0.25) is 0 Å². The number of quaternary nitrogens is 2. The third-order valence-corrected chi connectivity index (χ3v) is 0. The topological polar surface area (TPSA) is 36.5 Å². The monoisotopic (exact) mass is 250 g/mol. The minimum atomic E-state index is 0. The van der Waals surface area contributed by atoms with E-state index < -0.39 is 0 Å². The van der Waals surface area contributed by atoms with Gasteiger partial charge in [-0.15, -0.1) is 0 Å². The Morgan fingerprint density at radius 2 is 0.750 bits per heavy atom. The third-order valence-electron chi connectivity index (χ3n) is 0. The fourth-order valence-corrected chi connectivity index (χ4v) is 0. The molecule has 8 heavy (non-hydrogen) atoms. The minimum Gasteiger partial charge on any atom is -1.00 e. The smallest absolute Gasteiger partial charge is 0.0675 e. The molecule has 0 aromatic rings. The lowest BCUT2D eigenvalue weighted by molar-refractivity contribution is -0.849. The Morgan fingerprint density at radius 1 is 0.750 bits per heavy atom. The van der Waals surface area contributed by atoms with Crippen LogP contribution in [0.4, 0.5) is 0 Å². The van der Waals surface area contributed by atoms with Crippen molar-refractivity contribution >= 4 is 0 Å². The fourth-order valence-electron chi connectivity index (χ4n) is 0. The first-order valence-electron chi connectivity index (χ1n) is 1.79. The molecule has 0 bridgehead atoms. The maximum Gasteiger partial charge on any atom is 0.0675 e. The van der Waals surface area contributed by atoms with Crippen molar-refractivity contribution in [3.63, 3.8) is 0 Å². The second-order valence-electron chi connectivity index (χ2n) is 2.68. The van der Waals surface area contributed by atoms with Gasteiger partial charge in [0.15, 0.2) is 0 Å². The molecule has 0 fully saturated rings. The first kappa shape index (κ1) is 23.2. The van der Waals surface area contributed by atoms with Crippen LogP contribution in [0, 0.1) is 0 Å². The van der Waals surface area contributed by atoms with Gasteiger partial charge in [-0.1, -0.05) is 0 Å². The highest BCUT2D eigenvalue weighted by Gasteiger charge is 1.88. The van der Waals surface area contributed by atoms with Crippen molar-refractivity contribution in [2.45, 2.75) is 0 Å². The number of rotatable bonds is 0. The summed E-state index contributed by atoms with van der Waals surface area (Å²) in [6, 6.07) is 0. The fraction of sp³-hybridized carbons (Fsp3) is 1.00. The van der Waals surface area contributed by atoms with E-state index in [4.69, 9.17) is 0 Å². The van der Waals surface area contributed by atoms with Crippen molar-refractivity contribution in [1.82, 2.24) is 6.15 Å². The average Bonchev–Trinajstić information content (AvgIpc) is 0.722. The van der Waals surface area contributed by atoms with Crippen molar-refractivity contribution in [3.05, 3.63) is 0 Å². The Morgan fingerprint density at radius 3 is 0.750 bits per heavy atom. The van der Waals surface area contributed by atoms with E-state index in [2.05, 4.69) is 28.2 Å². The van der Waals surface area contributed by atoms with Crippen molar-refractivity contribution in [3.8, 4) is 0 Å². The van der Waals surface area contributed by atoms with Crippen molar-refractivity contribution in [2.24, 2.45) is 0 Å². The summed E-state index contributed by atoms with van der Waals surface area (Å²) >= 11 is 0. The van der Waals surface area contributed by atoms with Gasteiger partial charge in [0.05, 0.1) is 28.2 Å². The molecule has 2 nitrogen and oxygen atoms in total. The summed E-state index contributed by atoms with van der Waals surface area (Å²) in [4.78, 5) is 0. The molecule has 0 aromatic heterocycles. The normalized spacial score (nSPS) is 7.50. The molecule has 0 aliphatic rings. The van der Waals surface area contributed by atoms with E-state index in [-0.39, 0.29) is 40.1 Å². The summed E-state index contributed by atoms with van der Waals surface area (Å²) in [6.45, 7) is 0. The van der Waals surface area contributed by atoms with Gasteiger partial charge < -0.3 is 44.6 Å². The number of nitrogens with zero attached hydrogens (tertiary/aromatic N) is 1. The molecular weight excluding hydrogens is 236 g/mol. The minimum absolute atomic E-state index is 0. The Kier molecular flexibility index (Phi) is 22.8.